The zero-order valence-corrected chi connectivity index (χ0v) is 10.9. The van der Waals surface area contributed by atoms with Crippen molar-refractivity contribution < 1.29 is 4.48 Å². The molecular formula is C13H25BN2+. The highest BCUT2D eigenvalue weighted by Gasteiger charge is 2.20. The molecule has 0 fully saturated rings. The molecule has 2 nitrogen and oxygen atoms in total. The molecule has 0 amide bonds. The molecular weight excluding hydrogens is 195 g/mol. The normalized spacial score (nSPS) is 10.2. The number of quaternary nitrogens is 1. The van der Waals surface area contributed by atoms with Crippen molar-refractivity contribution in [1.82, 2.24) is 6.15 Å². The van der Waals surface area contributed by atoms with Crippen LogP contribution >= 0.6 is 0 Å². The fourth-order valence-electron chi connectivity index (χ4n) is 1.98. The van der Waals surface area contributed by atoms with Crippen molar-refractivity contribution in [3.05, 3.63) is 35.9 Å². The lowest BCUT2D eigenvalue weighted by molar-refractivity contribution is -0.936. The number of nitrogens with zero attached hydrogens (tertiary/aromatic N) is 1. The van der Waals surface area contributed by atoms with E-state index >= 15 is 0 Å². The molecule has 89 valence electrons. The summed E-state index contributed by atoms with van der Waals surface area (Å²) in [6.07, 6.45) is 0. The van der Waals surface area contributed by atoms with E-state index in [9.17, 15) is 0 Å². The molecule has 3 radical (unpaired) electrons. The van der Waals surface area contributed by atoms with Gasteiger partial charge < -0.3 is 10.6 Å². The first-order valence-electron chi connectivity index (χ1n) is 5.65. The second kappa shape index (κ2) is 8.37. The SMILES string of the molecule is CC[N+](CC)(CC)Cc1ccccc1.N.[B]. The quantitative estimate of drug-likeness (QED) is 0.601. The molecule has 0 spiro atoms. The molecule has 0 aromatic heterocycles. The smallest absolute Gasteiger partial charge is 0.104 e. The van der Waals surface area contributed by atoms with Gasteiger partial charge in [-0.3, -0.25) is 0 Å². The maximum absolute atomic E-state index is 2.29. The van der Waals surface area contributed by atoms with Gasteiger partial charge in [0.1, 0.15) is 6.54 Å². The van der Waals surface area contributed by atoms with Crippen molar-refractivity contribution in [1.29, 1.82) is 0 Å². The Balaban J connectivity index is 0. The van der Waals surface area contributed by atoms with E-state index < -0.39 is 0 Å². The molecule has 0 heterocycles. The van der Waals surface area contributed by atoms with Crippen LogP contribution in [0.15, 0.2) is 30.3 Å². The Morgan fingerprint density at radius 2 is 1.31 bits per heavy atom. The molecule has 0 bridgehead atoms. The molecule has 0 aliphatic carbocycles. The summed E-state index contributed by atoms with van der Waals surface area (Å²) >= 11 is 0. The van der Waals surface area contributed by atoms with Crippen LogP contribution in [0.4, 0.5) is 0 Å². The predicted octanol–water partition coefficient (Wildman–Crippen LogP) is 2.84. The molecule has 0 aliphatic rings. The molecule has 3 heteroatoms. The summed E-state index contributed by atoms with van der Waals surface area (Å²) in [7, 11) is 0. The second-order valence-electron chi connectivity index (χ2n) is 3.93. The predicted molar refractivity (Wildman–Crippen MR) is 72.8 cm³/mol. The third kappa shape index (κ3) is 4.37. The molecule has 0 saturated heterocycles. The van der Waals surface area contributed by atoms with Gasteiger partial charge in [-0.1, -0.05) is 30.3 Å². The van der Waals surface area contributed by atoms with Crippen molar-refractivity contribution in [2.24, 2.45) is 0 Å². The van der Waals surface area contributed by atoms with Crippen molar-refractivity contribution in [2.45, 2.75) is 27.3 Å². The molecule has 1 aromatic rings. The van der Waals surface area contributed by atoms with Gasteiger partial charge in [0.05, 0.1) is 19.6 Å². The Labute approximate surface area is 102 Å². The van der Waals surface area contributed by atoms with Crippen LogP contribution in [0.25, 0.3) is 0 Å². The third-order valence-electron chi connectivity index (χ3n) is 3.37. The van der Waals surface area contributed by atoms with E-state index in [1.165, 1.54) is 36.2 Å². The lowest BCUT2D eigenvalue weighted by Crippen LogP contribution is -2.46. The van der Waals surface area contributed by atoms with Crippen molar-refractivity contribution in [2.75, 3.05) is 19.6 Å². The monoisotopic (exact) mass is 220 g/mol. The Morgan fingerprint density at radius 3 is 1.69 bits per heavy atom. The molecule has 3 N–H and O–H groups in total. The average Bonchev–Trinajstić information content (AvgIpc) is 2.28. The highest BCUT2D eigenvalue weighted by atomic mass is 15.3. The van der Waals surface area contributed by atoms with Crippen LogP contribution in [-0.4, -0.2) is 32.5 Å². The van der Waals surface area contributed by atoms with E-state index in [1.807, 2.05) is 0 Å². The van der Waals surface area contributed by atoms with Gasteiger partial charge in [0.25, 0.3) is 0 Å². The largest absolute Gasteiger partial charge is 0.344 e. The average molecular weight is 220 g/mol. The van der Waals surface area contributed by atoms with Crippen molar-refractivity contribution >= 4 is 8.41 Å². The van der Waals surface area contributed by atoms with Gasteiger partial charge >= 0.3 is 0 Å². The number of benzene rings is 1. The lowest BCUT2D eigenvalue weighted by atomic mass is 10.2. The first-order chi connectivity index (χ1) is 6.76. The van der Waals surface area contributed by atoms with Crippen LogP contribution in [0, 0.1) is 0 Å². The minimum absolute atomic E-state index is 0. The first-order valence-corrected chi connectivity index (χ1v) is 5.65. The Bertz CT molecular complexity index is 250. The van der Waals surface area contributed by atoms with Gasteiger partial charge in [-0.05, 0) is 20.8 Å². The Kier molecular flexibility index (Phi) is 9.20. The minimum atomic E-state index is 0. The Hall–Kier alpha value is -0.795. The van der Waals surface area contributed by atoms with Crippen molar-refractivity contribution in [3.8, 4) is 0 Å². The van der Waals surface area contributed by atoms with Crippen molar-refractivity contribution in [3.63, 3.8) is 0 Å². The summed E-state index contributed by atoms with van der Waals surface area (Å²) in [6.45, 7) is 11.7. The Morgan fingerprint density at radius 1 is 0.875 bits per heavy atom. The molecule has 16 heavy (non-hydrogen) atoms. The molecule has 1 rings (SSSR count). The molecule has 0 saturated carbocycles. The maximum Gasteiger partial charge on any atom is 0.104 e. The van der Waals surface area contributed by atoms with E-state index in [-0.39, 0.29) is 14.6 Å². The topological polar surface area (TPSA) is 35.0 Å². The summed E-state index contributed by atoms with van der Waals surface area (Å²) in [5.74, 6) is 0. The highest BCUT2D eigenvalue weighted by Crippen LogP contribution is 2.13. The zero-order chi connectivity index (χ0) is 10.4. The molecule has 0 unspecified atom stereocenters. The van der Waals surface area contributed by atoms with E-state index in [1.54, 1.807) is 0 Å². The van der Waals surface area contributed by atoms with Crippen LogP contribution in [-0.2, 0) is 6.54 Å². The van der Waals surface area contributed by atoms with Gasteiger partial charge in [0.15, 0.2) is 0 Å². The van der Waals surface area contributed by atoms with Crippen LogP contribution in [0.5, 0.6) is 0 Å². The van der Waals surface area contributed by atoms with Crippen LogP contribution < -0.4 is 6.15 Å². The van der Waals surface area contributed by atoms with Gasteiger partial charge in [-0.25, -0.2) is 0 Å². The molecule has 0 aliphatic heterocycles. The highest BCUT2D eigenvalue weighted by molar-refractivity contribution is 5.75. The van der Waals surface area contributed by atoms with E-state index in [0.29, 0.717) is 0 Å². The zero-order valence-electron chi connectivity index (χ0n) is 10.9. The van der Waals surface area contributed by atoms with E-state index in [0.717, 1.165) is 0 Å². The summed E-state index contributed by atoms with van der Waals surface area (Å²) in [4.78, 5) is 0. The lowest BCUT2D eigenvalue weighted by Gasteiger charge is -2.35. The minimum Gasteiger partial charge on any atom is -0.344 e. The number of hydrogen-bond donors (Lipinski definition) is 1. The summed E-state index contributed by atoms with van der Waals surface area (Å²) in [6, 6.07) is 10.8. The summed E-state index contributed by atoms with van der Waals surface area (Å²) in [5, 5.41) is 0. The standard InChI is InChI=1S/C13H22N.B.H3N/c1-4-14(5-2,6-3)12-13-10-8-7-9-11-13;;/h7-11H,4-6,12H2,1-3H3;;1H3/q+1;;. The number of hydrogen-bond acceptors (Lipinski definition) is 1. The fraction of sp³-hybridized carbons (Fsp3) is 0.538. The van der Waals surface area contributed by atoms with Crippen LogP contribution in [0.3, 0.4) is 0 Å². The van der Waals surface area contributed by atoms with E-state index in [2.05, 4.69) is 51.1 Å². The van der Waals surface area contributed by atoms with Crippen LogP contribution in [0.2, 0.25) is 0 Å². The summed E-state index contributed by atoms with van der Waals surface area (Å²) in [5.41, 5.74) is 1.46. The second-order valence-corrected chi connectivity index (χ2v) is 3.93. The number of rotatable bonds is 5. The first kappa shape index (κ1) is 17.6. The molecule has 1 aromatic carbocycles. The van der Waals surface area contributed by atoms with Gasteiger partial charge in [-0.15, -0.1) is 0 Å². The van der Waals surface area contributed by atoms with E-state index in [4.69, 9.17) is 0 Å². The summed E-state index contributed by atoms with van der Waals surface area (Å²) < 4.78 is 1.20. The third-order valence-corrected chi connectivity index (χ3v) is 3.37. The van der Waals surface area contributed by atoms with Gasteiger partial charge in [-0.2, -0.15) is 0 Å². The van der Waals surface area contributed by atoms with Gasteiger partial charge in [0.2, 0.25) is 0 Å². The van der Waals surface area contributed by atoms with Gasteiger partial charge in [0, 0.05) is 14.0 Å². The fourth-order valence-corrected chi connectivity index (χ4v) is 1.98. The van der Waals surface area contributed by atoms with Crippen LogP contribution in [0.1, 0.15) is 26.3 Å². The maximum atomic E-state index is 2.29. The molecule has 0 atom stereocenters.